The molecule has 0 aliphatic carbocycles. The molecule has 87 heavy (non-hydrogen) atoms. The summed E-state index contributed by atoms with van der Waals surface area (Å²) in [6.07, 6.45) is 6.34. The van der Waals surface area contributed by atoms with E-state index in [0.717, 1.165) is 33.7 Å². The fourth-order valence-corrected chi connectivity index (χ4v) is 9.12. The SMILES string of the molecule is C/C=C(/C)CC(C)CN(C(=O)OCc1ccc(C)cc1)c1cc(OCCCCCOc2cc3c(cc2OC)C(=O)N2C=C(C)C[C@@H]2C(O)N3C=O)c(OC)cc1C(C)=O.C=C(NC(C)C(C)=O)[C@@H](C)C(C)C.CCC(C)=O.COCc1ccc(C)cc1. The van der Waals surface area contributed by atoms with E-state index in [0.29, 0.717) is 111 Å². The molecule has 2 aliphatic rings. The van der Waals surface area contributed by atoms with Gasteiger partial charge in [-0.15, -0.1) is 0 Å². The average Bonchev–Trinajstić information content (AvgIpc) is 1.83. The molecular weight excluding hydrogens is 1100 g/mol. The predicted molar refractivity (Wildman–Crippen MR) is 345 cm³/mol. The zero-order valence-corrected chi connectivity index (χ0v) is 54.8. The third kappa shape index (κ3) is 23.1. The Kier molecular flexibility index (Phi) is 31.3. The number of ketones is 3. The molecule has 4 aromatic carbocycles. The Morgan fingerprint density at radius 2 is 1.32 bits per heavy atom. The van der Waals surface area contributed by atoms with Crippen molar-refractivity contribution in [3.63, 3.8) is 0 Å². The number of nitrogens with zero attached hydrogens (tertiary/aromatic N) is 3. The van der Waals surface area contributed by atoms with Gasteiger partial charge in [0.2, 0.25) is 6.41 Å². The lowest BCUT2D eigenvalue weighted by molar-refractivity contribution is -0.118. The molecule has 0 bridgehead atoms. The highest BCUT2D eigenvalue weighted by Gasteiger charge is 2.42. The third-order valence-electron chi connectivity index (χ3n) is 15.1. The maximum Gasteiger partial charge on any atom is 0.414 e. The lowest BCUT2D eigenvalue weighted by Gasteiger charge is -2.29. The number of ether oxygens (including phenoxy) is 6. The summed E-state index contributed by atoms with van der Waals surface area (Å²) in [6.45, 7) is 32.4. The second-order valence-corrected chi connectivity index (χ2v) is 22.8. The first-order valence-electron chi connectivity index (χ1n) is 30.0. The van der Waals surface area contributed by atoms with Gasteiger partial charge in [-0.3, -0.25) is 29.0 Å². The van der Waals surface area contributed by atoms with Crippen molar-refractivity contribution in [3.8, 4) is 23.0 Å². The van der Waals surface area contributed by atoms with Crippen LogP contribution in [0.4, 0.5) is 16.2 Å². The molecule has 476 valence electrons. The standard InChI is InChI=1S/C46H57N3O10.C11H21NO.C9H12O.C4H8O/c1-9-29(2)19-31(4)26-48(46(54)59-27-34-15-13-30(3)14-16-34)37-23-42(40(55-7)21-35(37)33(6)51)57-17-11-10-12-18-58-43-24-38-36(22-41(43)56-8)44(52)47-25-32(5)20-39(47)45(53)49(38)28-50;1-7(2)8(3)9(4)12-10(5)11(6)13;1-8-3-5-9(6-4-8)7-10-2;1-3-4(2)5/h9,13-16,21-25,28,31,39,45,53H,10-12,17-20,26-27H2,1-8H3;7-8,10,12H,4H2,1-3,5-6H3;3-6H,7H2,1-2H3;3H2,1-2H3/b29-9-;;;/t31?,39-,45?;8-,10?;;/m10../s1. The summed E-state index contributed by atoms with van der Waals surface area (Å²) in [7, 11) is 4.69. The number of fused-ring (bicyclic) bond motifs is 2. The monoisotopic (exact) mass is 1200 g/mol. The van der Waals surface area contributed by atoms with Crippen LogP contribution in [0.1, 0.15) is 165 Å². The Bertz CT molecular complexity index is 2970. The number of methoxy groups -OCH3 is 3. The average molecular weight is 1200 g/mol. The van der Waals surface area contributed by atoms with E-state index in [2.05, 4.69) is 70.8 Å². The summed E-state index contributed by atoms with van der Waals surface area (Å²) in [6, 6.07) is 21.8. The second-order valence-electron chi connectivity index (χ2n) is 22.8. The van der Waals surface area contributed by atoms with Gasteiger partial charge in [-0.2, -0.15) is 0 Å². The molecule has 0 saturated carbocycles. The Morgan fingerprint density at radius 3 is 1.80 bits per heavy atom. The van der Waals surface area contributed by atoms with Gasteiger partial charge < -0.3 is 48.5 Å². The van der Waals surface area contributed by atoms with Crippen LogP contribution in [-0.4, -0.2) is 105 Å². The van der Waals surface area contributed by atoms with Gasteiger partial charge in [0.05, 0.1) is 63.1 Å². The number of Topliss-reactive ketones (excluding diaryl/α,β-unsaturated/α-hetero) is 3. The lowest BCUT2D eigenvalue weighted by Crippen LogP contribution is -2.47. The van der Waals surface area contributed by atoms with Crippen LogP contribution in [-0.2, 0) is 37.1 Å². The Labute approximate surface area is 518 Å². The highest BCUT2D eigenvalue weighted by Crippen LogP contribution is 2.42. The number of nitrogens with one attached hydrogen (secondary N) is 1. The van der Waals surface area contributed by atoms with Gasteiger partial charge in [-0.05, 0) is 135 Å². The molecule has 0 spiro atoms. The molecule has 6 rings (SSSR count). The van der Waals surface area contributed by atoms with E-state index in [1.807, 2.05) is 71.9 Å². The number of aliphatic hydroxyl groups excluding tert-OH is 1. The van der Waals surface area contributed by atoms with Crippen LogP contribution in [0.3, 0.4) is 0 Å². The van der Waals surface area contributed by atoms with E-state index >= 15 is 0 Å². The van der Waals surface area contributed by atoms with Crippen LogP contribution in [0.2, 0.25) is 0 Å². The van der Waals surface area contributed by atoms with Crippen LogP contribution < -0.4 is 34.1 Å². The molecular formula is C70H98N4O13. The van der Waals surface area contributed by atoms with Gasteiger partial charge in [0.15, 0.2) is 40.8 Å². The fraction of sp³-hybridized carbons (Fsp3) is 0.486. The van der Waals surface area contributed by atoms with Crippen molar-refractivity contribution in [1.29, 1.82) is 0 Å². The van der Waals surface area contributed by atoms with Gasteiger partial charge in [0.25, 0.3) is 5.91 Å². The molecule has 17 nitrogen and oxygen atoms in total. The van der Waals surface area contributed by atoms with Crippen molar-refractivity contribution in [1.82, 2.24) is 10.2 Å². The van der Waals surface area contributed by atoms with Gasteiger partial charge in [-0.25, -0.2) is 4.79 Å². The second kappa shape index (κ2) is 37.1. The highest BCUT2D eigenvalue weighted by atomic mass is 16.6. The van der Waals surface area contributed by atoms with Gasteiger partial charge >= 0.3 is 6.09 Å². The maximum atomic E-state index is 13.9. The Hall–Kier alpha value is -7.76. The van der Waals surface area contributed by atoms with E-state index in [4.69, 9.17) is 28.4 Å². The molecule has 0 saturated heterocycles. The molecule has 5 atom stereocenters. The number of unbranched alkanes of at least 4 members (excludes halogenated alkanes) is 2. The van der Waals surface area contributed by atoms with E-state index in [-0.39, 0.29) is 53.1 Å². The van der Waals surface area contributed by atoms with Crippen molar-refractivity contribution >= 4 is 47.1 Å². The van der Waals surface area contributed by atoms with Crippen LogP contribution in [0.25, 0.3) is 0 Å². The van der Waals surface area contributed by atoms with Crippen LogP contribution in [0.5, 0.6) is 23.0 Å². The molecule has 2 aliphatic heterocycles. The van der Waals surface area contributed by atoms with Crippen LogP contribution >= 0.6 is 0 Å². The number of hydrogen-bond acceptors (Lipinski definition) is 14. The quantitative estimate of drug-likeness (QED) is 0.0247. The zero-order chi connectivity index (χ0) is 65.1. The highest BCUT2D eigenvalue weighted by molar-refractivity contribution is 6.05. The summed E-state index contributed by atoms with van der Waals surface area (Å²) in [5.41, 5.74) is 8.70. The summed E-state index contributed by atoms with van der Waals surface area (Å²) >= 11 is 0. The first-order chi connectivity index (χ1) is 41.2. The minimum atomic E-state index is -1.24. The molecule has 3 amide bonds. The number of rotatable bonds is 27. The molecule has 0 fully saturated rings. The minimum Gasteiger partial charge on any atom is -0.493 e. The van der Waals surface area contributed by atoms with E-state index in [1.54, 1.807) is 51.4 Å². The van der Waals surface area contributed by atoms with Gasteiger partial charge in [0.1, 0.15) is 12.4 Å². The van der Waals surface area contributed by atoms with E-state index in [9.17, 15) is 33.9 Å². The van der Waals surface area contributed by atoms with Crippen molar-refractivity contribution < 1.29 is 62.3 Å². The van der Waals surface area contributed by atoms with E-state index < -0.39 is 18.4 Å². The first kappa shape index (κ1) is 73.5. The minimum absolute atomic E-state index is 0.0508. The zero-order valence-electron chi connectivity index (χ0n) is 54.8. The number of amides is 3. The number of anilines is 2. The topological polar surface area (TPSA) is 200 Å². The van der Waals surface area contributed by atoms with Gasteiger partial charge in [0, 0.05) is 49.7 Å². The number of benzene rings is 4. The fourth-order valence-electron chi connectivity index (χ4n) is 9.12. The number of carbonyl (C=O) groups is 6. The van der Waals surface area contributed by atoms with Crippen molar-refractivity contribution in [3.05, 3.63) is 142 Å². The molecule has 17 heteroatoms. The third-order valence-corrected chi connectivity index (χ3v) is 15.1. The van der Waals surface area contributed by atoms with Crippen molar-refractivity contribution in [2.24, 2.45) is 17.8 Å². The smallest absolute Gasteiger partial charge is 0.414 e. The number of aryl methyl sites for hydroxylation is 2. The largest absolute Gasteiger partial charge is 0.493 e. The van der Waals surface area contributed by atoms with Crippen LogP contribution in [0.15, 0.2) is 108 Å². The molecule has 2 heterocycles. The Morgan fingerprint density at radius 1 is 0.782 bits per heavy atom. The number of carbonyl (C=O) groups excluding carboxylic acids is 6. The normalized spacial score (nSPS) is 15.1. The number of hydrogen-bond donors (Lipinski definition) is 2. The number of allylic oxidation sites excluding steroid dienone is 3. The predicted octanol–water partition coefficient (Wildman–Crippen LogP) is 13.9. The molecule has 3 unspecified atom stereocenters. The molecule has 2 N–H and O–H groups in total. The van der Waals surface area contributed by atoms with Crippen LogP contribution in [0, 0.1) is 31.6 Å². The first-order valence-corrected chi connectivity index (χ1v) is 30.0. The lowest BCUT2D eigenvalue weighted by atomic mass is 9.95. The summed E-state index contributed by atoms with van der Waals surface area (Å²) in [5.74, 6) is 2.25. The summed E-state index contributed by atoms with van der Waals surface area (Å²) < 4.78 is 34.3. The van der Waals surface area contributed by atoms with Crippen molar-refractivity contribution in [2.45, 2.75) is 167 Å². The summed E-state index contributed by atoms with van der Waals surface area (Å²) in [4.78, 5) is 77.6. The Balaban J connectivity index is 0.000000576. The number of aliphatic hydroxyl groups is 1. The molecule has 0 radical (unpaired) electrons. The van der Waals surface area contributed by atoms with Gasteiger partial charge in [-0.1, -0.05) is 118 Å². The molecule has 0 aromatic heterocycles. The van der Waals surface area contributed by atoms with E-state index in [1.165, 1.54) is 47.6 Å². The summed E-state index contributed by atoms with van der Waals surface area (Å²) in [5, 5.41) is 14.2. The van der Waals surface area contributed by atoms with Crippen molar-refractivity contribution in [2.75, 3.05) is 50.9 Å². The maximum absolute atomic E-state index is 13.9. The molecule has 4 aromatic rings.